The molecule has 0 radical (unpaired) electrons. The molecule has 0 amide bonds. The van der Waals surface area contributed by atoms with Gasteiger partial charge < -0.3 is 0 Å². The lowest BCUT2D eigenvalue weighted by Crippen LogP contribution is -2.00. The van der Waals surface area contributed by atoms with Crippen LogP contribution in [0, 0.1) is 0 Å². The number of thiol groups is 1. The van der Waals surface area contributed by atoms with Crippen LogP contribution in [0.25, 0.3) is 0 Å². The van der Waals surface area contributed by atoms with Crippen LogP contribution in [0.2, 0.25) is 5.54 Å². The van der Waals surface area contributed by atoms with Gasteiger partial charge in [-0.25, -0.2) is 0 Å². The molecular weight excluding hydrogens is 148 g/mol. The molecule has 0 fully saturated rings. The van der Waals surface area contributed by atoms with Crippen molar-refractivity contribution < 1.29 is 4.79 Å². The van der Waals surface area contributed by atoms with E-state index >= 15 is 0 Å². The summed E-state index contributed by atoms with van der Waals surface area (Å²) in [4.78, 5) is 10.5. The van der Waals surface area contributed by atoms with E-state index in [0.717, 1.165) is 16.7 Å². The molecule has 0 aromatic rings. The topological polar surface area (TPSA) is 17.1 Å². The lowest BCUT2D eigenvalue weighted by atomic mass is 10.2. The Morgan fingerprint density at radius 1 is 1.78 bits per heavy atom. The summed E-state index contributed by atoms with van der Waals surface area (Å²) in [5.41, 5.74) is 0.285. The molecule has 0 aliphatic carbocycles. The van der Waals surface area contributed by atoms with E-state index in [-0.39, 0.29) is 10.7 Å². The van der Waals surface area contributed by atoms with Crippen LogP contribution in [0.3, 0.4) is 0 Å². The predicted molar refractivity (Wildman–Crippen MR) is 47.2 cm³/mol. The minimum absolute atomic E-state index is 0.0788. The number of rotatable bonds is 4. The van der Waals surface area contributed by atoms with Crippen LogP contribution in [0.15, 0.2) is 0 Å². The highest BCUT2D eigenvalue weighted by atomic mass is 32.1. The van der Waals surface area contributed by atoms with Crippen molar-refractivity contribution in [3.63, 3.8) is 0 Å². The van der Waals surface area contributed by atoms with Gasteiger partial charge in [0, 0.05) is 15.8 Å². The van der Waals surface area contributed by atoms with E-state index in [4.69, 9.17) is 0 Å². The molecule has 1 unspecified atom stereocenters. The first kappa shape index (κ1) is 9.24. The Morgan fingerprint density at radius 3 is 2.67 bits per heavy atom. The van der Waals surface area contributed by atoms with E-state index in [2.05, 4.69) is 19.6 Å². The smallest absolute Gasteiger partial charge is 0.185 e. The van der Waals surface area contributed by atoms with Crippen molar-refractivity contribution in [2.24, 2.45) is 0 Å². The maximum Gasteiger partial charge on any atom is 0.185 e. The Morgan fingerprint density at radius 2 is 2.33 bits per heavy atom. The maximum absolute atomic E-state index is 10.5. The minimum atomic E-state index is 0.0788. The van der Waals surface area contributed by atoms with Gasteiger partial charge in [-0.1, -0.05) is 19.8 Å². The Hall–Kier alpha value is 0.237. The predicted octanol–water partition coefficient (Wildman–Crippen LogP) is 0.787. The Kier molecular flexibility index (Phi) is 5.19. The molecule has 0 spiro atoms. The summed E-state index contributed by atoms with van der Waals surface area (Å²) in [7, 11) is 0.962. The third kappa shape index (κ3) is 4.72. The van der Waals surface area contributed by atoms with E-state index < -0.39 is 0 Å². The number of hydrogen-bond acceptors (Lipinski definition) is 1. The van der Waals surface area contributed by atoms with Crippen molar-refractivity contribution in [3.05, 3.63) is 0 Å². The molecule has 0 bridgehead atoms. The Balaban J connectivity index is 3.27. The zero-order valence-corrected chi connectivity index (χ0v) is 8.95. The molecule has 0 saturated heterocycles. The number of carbonyl (C=O) groups excluding carboxylic acids is 1. The summed E-state index contributed by atoms with van der Waals surface area (Å²) in [5.74, 6) is 0. The van der Waals surface area contributed by atoms with Crippen molar-refractivity contribution >= 4 is 28.0 Å². The second-order valence-corrected chi connectivity index (χ2v) is 4.22. The van der Waals surface area contributed by atoms with Crippen LogP contribution < -0.4 is 0 Å². The van der Waals surface area contributed by atoms with E-state index in [9.17, 15) is 4.79 Å². The normalized spacial score (nSPS) is 13.6. The maximum atomic E-state index is 10.5. The van der Waals surface area contributed by atoms with Crippen LogP contribution in [0.1, 0.15) is 26.2 Å². The highest BCUT2D eigenvalue weighted by Crippen LogP contribution is 2.12. The standard InChI is InChI=1S/C6H14OSSi/c1-2-3-4-5(9)6(7)8/h5H,2-4H2,1,9H3,(H,7,8). The fourth-order valence-electron chi connectivity index (χ4n) is 0.634. The molecule has 0 aromatic carbocycles. The van der Waals surface area contributed by atoms with Gasteiger partial charge in [0.05, 0.1) is 0 Å². The molecule has 9 heavy (non-hydrogen) atoms. The van der Waals surface area contributed by atoms with Crippen molar-refractivity contribution in [1.29, 1.82) is 0 Å². The van der Waals surface area contributed by atoms with Crippen LogP contribution >= 0.6 is 12.6 Å². The van der Waals surface area contributed by atoms with Crippen LogP contribution in [-0.4, -0.2) is 15.4 Å². The van der Waals surface area contributed by atoms with Crippen LogP contribution in [0.4, 0.5) is 0 Å². The molecule has 1 atom stereocenters. The number of carbonyl (C=O) groups is 1. The zero-order valence-electron chi connectivity index (χ0n) is 6.05. The molecule has 3 heteroatoms. The van der Waals surface area contributed by atoms with Crippen molar-refractivity contribution in [2.75, 3.05) is 0 Å². The second kappa shape index (κ2) is 5.06. The average molecular weight is 162 g/mol. The Labute approximate surface area is 65.1 Å². The SMILES string of the molecule is CCCCC([SiH3])C(=O)S. The molecular formula is C6H14OSSi. The summed E-state index contributed by atoms with van der Waals surface area (Å²) in [5, 5.41) is 0.0788. The summed E-state index contributed by atoms with van der Waals surface area (Å²) in [6, 6.07) is 0. The summed E-state index contributed by atoms with van der Waals surface area (Å²) in [6.07, 6.45) is 3.39. The molecule has 0 saturated carbocycles. The molecule has 0 aliphatic rings. The first-order chi connectivity index (χ1) is 4.18. The van der Waals surface area contributed by atoms with Crippen LogP contribution in [0.5, 0.6) is 0 Å². The Bertz CT molecular complexity index is 95.1. The summed E-state index contributed by atoms with van der Waals surface area (Å²) < 4.78 is 0. The summed E-state index contributed by atoms with van der Waals surface area (Å²) in [6.45, 7) is 2.14. The van der Waals surface area contributed by atoms with E-state index in [1.807, 2.05) is 0 Å². The molecule has 0 aliphatic heterocycles. The fourth-order valence-corrected chi connectivity index (χ4v) is 1.17. The highest BCUT2D eigenvalue weighted by Gasteiger charge is 2.05. The quantitative estimate of drug-likeness (QED) is 0.478. The largest absolute Gasteiger partial charge is 0.288 e. The van der Waals surface area contributed by atoms with Gasteiger partial charge in [-0.3, -0.25) is 4.79 Å². The first-order valence-corrected chi connectivity index (χ1v) is 5.01. The monoisotopic (exact) mass is 162 g/mol. The molecule has 1 nitrogen and oxygen atoms in total. The van der Waals surface area contributed by atoms with E-state index in [1.165, 1.54) is 12.8 Å². The second-order valence-electron chi connectivity index (χ2n) is 2.38. The van der Waals surface area contributed by atoms with Crippen molar-refractivity contribution in [2.45, 2.75) is 31.7 Å². The average Bonchev–Trinajstić information content (AvgIpc) is 1.82. The van der Waals surface area contributed by atoms with Gasteiger partial charge in [0.15, 0.2) is 5.12 Å². The van der Waals surface area contributed by atoms with Gasteiger partial charge in [0.1, 0.15) is 0 Å². The van der Waals surface area contributed by atoms with Gasteiger partial charge >= 0.3 is 0 Å². The lowest BCUT2D eigenvalue weighted by molar-refractivity contribution is -0.110. The van der Waals surface area contributed by atoms with Gasteiger partial charge in [0.2, 0.25) is 0 Å². The molecule has 0 N–H and O–H groups in total. The first-order valence-electron chi connectivity index (χ1n) is 3.41. The number of unbranched alkanes of at least 4 members (excludes halogenated alkanes) is 1. The zero-order chi connectivity index (χ0) is 7.28. The lowest BCUT2D eigenvalue weighted by Gasteiger charge is -2.02. The van der Waals surface area contributed by atoms with Gasteiger partial charge in [-0.05, 0) is 6.42 Å². The third-order valence-corrected chi connectivity index (χ3v) is 3.44. The molecule has 0 rings (SSSR count). The third-order valence-electron chi connectivity index (χ3n) is 1.41. The van der Waals surface area contributed by atoms with Gasteiger partial charge in [-0.15, -0.1) is 12.6 Å². The van der Waals surface area contributed by atoms with Gasteiger partial charge in [0.25, 0.3) is 0 Å². The fraction of sp³-hybridized carbons (Fsp3) is 0.833. The van der Waals surface area contributed by atoms with E-state index in [1.54, 1.807) is 0 Å². The van der Waals surface area contributed by atoms with Crippen molar-refractivity contribution in [1.82, 2.24) is 0 Å². The highest BCUT2D eigenvalue weighted by molar-refractivity contribution is 7.96. The molecule has 0 aromatic heterocycles. The molecule has 0 heterocycles. The van der Waals surface area contributed by atoms with Crippen LogP contribution in [-0.2, 0) is 4.79 Å². The minimum Gasteiger partial charge on any atom is -0.288 e. The van der Waals surface area contributed by atoms with Crippen molar-refractivity contribution in [3.8, 4) is 0 Å². The summed E-state index contributed by atoms with van der Waals surface area (Å²) >= 11 is 3.76. The van der Waals surface area contributed by atoms with E-state index in [0.29, 0.717) is 0 Å². The van der Waals surface area contributed by atoms with Gasteiger partial charge in [-0.2, -0.15) is 0 Å². The molecule has 54 valence electrons. The number of hydrogen-bond donors (Lipinski definition) is 1.